The first-order chi connectivity index (χ1) is 17.6. The van der Waals surface area contributed by atoms with Gasteiger partial charge in [0.1, 0.15) is 17.7 Å². The number of amides is 4. The number of nitrogens with zero attached hydrogens (tertiary/aromatic N) is 1. The second-order valence-electron chi connectivity index (χ2n) is 11.4. The van der Waals surface area contributed by atoms with Crippen LogP contribution in [0.4, 0.5) is 4.79 Å². The van der Waals surface area contributed by atoms with Crippen molar-refractivity contribution >= 4 is 23.8 Å². The third kappa shape index (κ3) is 9.99. The van der Waals surface area contributed by atoms with Crippen LogP contribution in [0.1, 0.15) is 105 Å². The van der Waals surface area contributed by atoms with Gasteiger partial charge in [-0.05, 0) is 71.9 Å². The summed E-state index contributed by atoms with van der Waals surface area (Å²) < 4.78 is 5.34. The Morgan fingerprint density at radius 2 is 1.55 bits per heavy atom. The number of carbonyl (C=O) groups is 4. The summed E-state index contributed by atoms with van der Waals surface area (Å²) in [6, 6.07) is 5.16. The zero-order chi connectivity index (χ0) is 29.3. The van der Waals surface area contributed by atoms with Crippen LogP contribution in [-0.4, -0.2) is 51.9 Å². The maximum atomic E-state index is 14.2. The largest absolute Gasteiger partial charge is 0.444 e. The Labute approximate surface area is 228 Å². The Hall–Kier alpha value is -3.10. The minimum atomic E-state index is -1.31. The molecule has 0 saturated carbocycles. The van der Waals surface area contributed by atoms with E-state index in [1.807, 2.05) is 65.8 Å². The summed E-state index contributed by atoms with van der Waals surface area (Å²) in [5.74, 6) is -1.69. The average Bonchev–Trinajstić information content (AvgIpc) is 2.80. The van der Waals surface area contributed by atoms with Crippen molar-refractivity contribution in [3.8, 4) is 0 Å². The van der Waals surface area contributed by atoms with Crippen molar-refractivity contribution in [2.45, 2.75) is 124 Å². The van der Waals surface area contributed by atoms with E-state index in [4.69, 9.17) is 10.5 Å². The van der Waals surface area contributed by atoms with Crippen molar-refractivity contribution < 1.29 is 23.9 Å². The molecule has 38 heavy (non-hydrogen) atoms. The molecular formula is C29H48N4O5. The molecule has 0 radical (unpaired) electrons. The van der Waals surface area contributed by atoms with E-state index in [2.05, 4.69) is 10.6 Å². The molecular weight excluding hydrogens is 484 g/mol. The molecule has 9 heteroatoms. The van der Waals surface area contributed by atoms with Gasteiger partial charge in [0.25, 0.3) is 0 Å². The van der Waals surface area contributed by atoms with Crippen molar-refractivity contribution in [3.05, 3.63) is 35.4 Å². The molecule has 1 aromatic rings. The SMILES string of the molecule is CCCC(C)NC(=O)C(c1ccc(CC)cc1)N(C(=O)C(CC(N)=O)NC(=O)OC(C)(C)C)C(C)(C)CC. The first-order valence-corrected chi connectivity index (χ1v) is 13.6. The Balaban J connectivity index is 3.66. The highest BCUT2D eigenvalue weighted by atomic mass is 16.6. The summed E-state index contributed by atoms with van der Waals surface area (Å²) in [5, 5.41) is 5.58. The van der Waals surface area contributed by atoms with Gasteiger partial charge in [-0.15, -0.1) is 0 Å². The van der Waals surface area contributed by atoms with E-state index in [-0.39, 0.29) is 11.9 Å². The molecule has 0 aliphatic carbocycles. The lowest BCUT2D eigenvalue weighted by atomic mass is 9.91. The van der Waals surface area contributed by atoms with Crippen LogP contribution in [0.5, 0.6) is 0 Å². The highest BCUT2D eigenvalue weighted by molar-refractivity contribution is 5.95. The number of rotatable bonds is 13. The molecule has 0 heterocycles. The number of alkyl carbamates (subject to hydrolysis) is 1. The fourth-order valence-electron chi connectivity index (χ4n) is 4.14. The van der Waals surface area contributed by atoms with E-state index in [1.165, 1.54) is 4.90 Å². The highest BCUT2D eigenvalue weighted by Gasteiger charge is 2.43. The van der Waals surface area contributed by atoms with E-state index in [9.17, 15) is 19.2 Å². The number of hydrogen-bond acceptors (Lipinski definition) is 5. The van der Waals surface area contributed by atoms with Crippen LogP contribution in [0.3, 0.4) is 0 Å². The fourth-order valence-corrected chi connectivity index (χ4v) is 4.14. The van der Waals surface area contributed by atoms with Gasteiger partial charge in [0, 0.05) is 11.6 Å². The molecule has 0 fully saturated rings. The zero-order valence-electron chi connectivity index (χ0n) is 24.6. The summed E-state index contributed by atoms with van der Waals surface area (Å²) in [6.07, 6.45) is 1.72. The van der Waals surface area contributed by atoms with E-state index in [0.29, 0.717) is 12.0 Å². The number of aryl methyl sites for hydroxylation is 1. The molecule has 0 saturated heterocycles. The summed E-state index contributed by atoms with van der Waals surface area (Å²) in [5.41, 5.74) is 5.57. The van der Waals surface area contributed by atoms with Crippen LogP contribution in [0.25, 0.3) is 0 Å². The van der Waals surface area contributed by atoms with Gasteiger partial charge in [-0.3, -0.25) is 14.4 Å². The predicted molar refractivity (Wildman–Crippen MR) is 149 cm³/mol. The van der Waals surface area contributed by atoms with Crippen LogP contribution >= 0.6 is 0 Å². The third-order valence-corrected chi connectivity index (χ3v) is 6.47. The summed E-state index contributed by atoms with van der Waals surface area (Å²) in [4.78, 5) is 54.1. The van der Waals surface area contributed by atoms with E-state index >= 15 is 0 Å². The van der Waals surface area contributed by atoms with Crippen molar-refractivity contribution in [1.29, 1.82) is 0 Å². The van der Waals surface area contributed by atoms with Crippen LogP contribution in [0.15, 0.2) is 24.3 Å². The minimum absolute atomic E-state index is 0.104. The molecule has 1 aromatic carbocycles. The Morgan fingerprint density at radius 3 is 2.00 bits per heavy atom. The molecule has 9 nitrogen and oxygen atoms in total. The molecule has 3 unspecified atom stereocenters. The molecule has 0 bridgehead atoms. The first kappa shape index (κ1) is 32.9. The summed E-state index contributed by atoms with van der Waals surface area (Å²) in [7, 11) is 0. The van der Waals surface area contributed by atoms with E-state index < -0.39 is 47.6 Å². The van der Waals surface area contributed by atoms with Gasteiger partial charge in [0.2, 0.25) is 17.7 Å². The lowest BCUT2D eigenvalue weighted by Gasteiger charge is -2.44. The molecule has 0 aliphatic heterocycles. The quantitative estimate of drug-likeness (QED) is 0.347. The van der Waals surface area contributed by atoms with Gasteiger partial charge < -0.3 is 26.0 Å². The first-order valence-electron chi connectivity index (χ1n) is 13.6. The molecule has 3 atom stereocenters. The Morgan fingerprint density at radius 1 is 0.974 bits per heavy atom. The van der Waals surface area contributed by atoms with E-state index in [0.717, 1.165) is 24.8 Å². The van der Waals surface area contributed by atoms with Gasteiger partial charge >= 0.3 is 6.09 Å². The number of hydrogen-bond donors (Lipinski definition) is 3. The van der Waals surface area contributed by atoms with Gasteiger partial charge in [-0.2, -0.15) is 0 Å². The second kappa shape index (κ2) is 14.2. The van der Waals surface area contributed by atoms with Crippen molar-refractivity contribution in [2.24, 2.45) is 5.73 Å². The second-order valence-corrected chi connectivity index (χ2v) is 11.4. The predicted octanol–water partition coefficient (Wildman–Crippen LogP) is 4.38. The normalized spacial score (nSPS) is 14.1. The monoisotopic (exact) mass is 532 g/mol. The number of nitrogens with one attached hydrogen (secondary N) is 2. The maximum absolute atomic E-state index is 14.2. The number of ether oxygens (including phenoxy) is 1. The standard InChI is InChI=1S/C29H48N4O5/c1-10-13-19(4)31-25(35)24(21-16-14-20(11-2)15-17-21)33(29(8,9)12-3)26(36)22(18-23(30)34)32-27(37)38-28(5,6)7/h14-17,19,22,24H,10-13,18H2,1-9H3,(H2,30,34)(H,31,35)(H,32,37). The smallest absolute Gasteiger partial charge is 0.408 e. The lowest BCUT2D eigenvalue weighted by Crippen LogP contribution is -2.60. The highest BCUT2D eigenvalue weighted by Crippen LogP contribution is 2.33. The molecule has 4 amide bonds. The summed E-state index contributed by atoms with van der Waals surface area (Å²) >= 11 is 0. The number of carbonyl (C=O) groups excluding carboxylic acids is 4. The molecule has 0 aliphatic rings. The van der Waals surface area contributed by atoms with Crippen molar-refractivity contribution in [3.63, 3.8) is 0 Å². The summed E-state index contributed by atoms with van der Waals surface area (Å²) in [6.45, 7) is 16.7. The van der Waals surface area contributed by atoms with Gasteiger partial charge in [-0.25, -0.2) is 4.79 Å². The maximum Gasteiger partial charge on any atom is 0.408 e. The Bertz CT molecular complexity index is 953. The molecule has 214 valence electrons. The minimum Gasteiger partial charge on any atom is -0.444 e. The number of nitrogens with two attached hydrogens (primary N) is 1. The van der Waals surface area contributed by atoms with Crippen LogP contribution < -0.4 is 16.4 Å². The lowest BCUT2D eigenvalue weighted by molar-refractivity contribution is -0.150. The van der Waals surface area contributed by atoms with Gasteiger partial charge in [0.05, 0.1) is 6.42 Å². The number of benzene rings is 1. The van der Waals surface area contributed by atoms with Crippen LogP contribution in [0.2, 0.25) is 0 Å². The Kier molecular flexibility index (Phi) is 12.3. The average molecular weight is 533 g/mol. The topological polar surface area (TPSA) is 131 Å². The van der Waals surface area contributed by atoms with E-state index in [1.54, 1.807) is 20.8 Å². The zero-order valence-corrected chi connectivity index (χ0v) is 24.6. The van der Waals surface area contributed by atoms with Gasteiger partial charge in [-0.1, -0.05) is 51.5 Å². The molecule has 0 spiro atoms. The van der Waals surface area contributed by atoms with Gasteiger partial charge in [0.15, 0.2) is 0 Å². The van der Waals surface area contributed by atoms with Crippen LogP contribution in [-0.2, 0) is 25.5 Å². The molecule has 0 aromatic heterocycles. The number of primary amides is 1. The van der Waals surface area contributed by atoms with Crippen LogP contribution in [0, 0.1) is 0 Å². The van der Waals surface area contributed by atoms with Crippen molar-refractivity contribution in [1.82, 2.24) is 15.5 Å². The molecule has 4 N–H and O–H groups in total. The van der Waals surface area contributed by atoms with Crippen molar-refractivity contribution in [2.75, 3.05) is 0 Å². The molecule has 1 rings (SSSR count). The third-order valence-electron chi connectivity index (χ3n) is 6.47. The fraction of sp³-hybridized carbons (Fsp3) is 0.655.